The molecule has 6 aliphatic heterocycles. The van der Waals surface area contributed by atoms with Gasteiger partial charge in [0.15, 0.2) is 11.9 Å². The van der Waals surface area contributed by atoms with E-state index < -0.39 is 63.8 Å². The minimum atomic E-state index is -1.40. The normalized spacial score (nSPS) is 47.6. The molecule has 7 heterocycles. The van der Waals surface area contributed by atoms with Crippen LogP contribution in [-0.2, 0) is 46.2 Å². The van der Waals surface area contributed by atoms with Crippen LogP contribution >= 0.6 is 0 Å². The monoisotopic (exact) mass is 917 g/mol. The molecule has 11 aliphatic rings. The second-order valence-corrected chi connectivity index (χ2v) is 24.1. The lowest BCUT2D eigenvalue weighted by molar-refractivity contribution is -0.276. The topological polar surface area (TPSA) is 140 Å². The summed E-state index contributed by atoms with van der Waals surface area (Å²) >= 11 is 0. The van der Waals surface area contributed by atoms with Gasteiger partial charge in [-0.3, -0.25) is 14.9 Å². The van der Waals surface area contributed by atoms with E-state index in [0.717, 1.165) is 102 Å². The molecule has 10 fully saturated rings. The van der Waals surface area contributed by atoms with Crippen LogP contribution in [0.5, 0.6) is 0 Å². The third-order valence-electron chi connectivity index (χ3n) is 21.5. The average molecular weight is 917 g/mol. The summed E-state index contributed by atoms with van der Waals surface area (Å²) in [5.41, 5.74) is -2.69. The highest BCUT2D eigenvalue weighted by Gasteiger charge is 2.93. The van der Waals surface area contributed by atoms with E-state index >= 15 is 4.79 Å². The van der Waals surface area contributed by atoms with Crippen LogP contribution in [0.2, 0.25) is 0 Å². The fraction of sp³-hybridized carbons (Fsp3) is 0.732. The summed E-state index contributed by atoms with van der Waals surface area (Å²) in [5, 5.41) is 17.3. The lowest BCUT2D eigenvalue weighted by atomic mass is 9.32. The summed E-state index contributed by atoms with van der Waals surface area (Å²) in [6.45, 7) is 6.46. The summed E-state index contributed by atoms with van der Waals surface area (Å²) in [5.74, 6) is 1.21. The Labute approximate surface area is 395 Å². The fourth-order valence-corrected chi connectivity index (χ4v) is 18.8. The Hall–Kier alpha value is -3.51. The van der Waals surface area contributed by atoms with Gasteiger partial charge in [0.05, 0.1) is 37.0 Å². The Morgan fingerprint density at radius 1 is 0.866 bits per heavy atom. The van der Waals surface area contributed by atoms with Gasteiger partial charge in [0.25, 0.3) is 0 Å². The van der Waals surface area contributed by atoms with Gasteiger partial charge in [0, 0.05) is 40.8 Å². The van der Waals surface area contributed by atoms with Crippen molar-refractivity contribution in [1.29, 1.82) is 0 Å². The molecule has 5 saturated heterocycles. The number of epoxide rings is 1. The predicted molar refractivity (Wildman–Crippen MR) is 247 cm³/mol. The van der Waals surface area contributed by atoms with E-state index in [-0.39, 0.29) is 42.5 Å². The molecule has 0 bridgehead atoms. The fourth-order valence-electron chi connectivity index (χ4n) is 18.8. The SMILES string of the molecule is CC1(C2CCCCC2)OC2CC(=O)OCC23C1C(=O)C(O)C1(C2CCCC(Cc4ccccc4)C2)C3CCC2(C)C(c3ccoc3CCC3CCC4C(C=CN5CNCC45)C3)OC(=O)C3OC321. The number of nitrogens with zero attached hydrogens (tertiary/aromatic N) is 1. The van der Waals surface area contributed by atoms with Crippen LogP contribution in [0, 0.1) is 63.6 Å². The van der Waals surface area contributed by atoms with Gasteiger partial charge < -0.3 is 33.4 Å². The van der Waals surface area contributed by atoms with Crippen molar-refractivity contribution in [2.24, 2.45) is 63.6 Å². The van der Waals surface area contributed by atoms with E-state index in [1.807, 2.05) is 6.07 Å². The molecule has 5 saturated carbocycles. The second-order valence-electron chi connectivity index (χ2n) is 24.1. The van der Waals surface area contributed by atoms with Crippen LogP contribution in [0.3, 0.4) is 0 Å². The number of allylic oxidation sites excluding steroid dienone is 1. The Bertz CT molecular complexity index is 2310. The maximum atomic E-state index is 16.2. The van der Waals surface area contributed by atoms with Gasteiger partial charge in [-0.05, 0) is 130 Å². The molecule has 0 radical (unpaired) electrons. The number of benzene rings is 1. The first kappa shape index (κ1) is 43.5. The van der Waals surface area contributed by atoms with Gasteiger partial charge in [-0.15, -0.1) is 0 Å². The highest BCUT2D eigenvalue weighted by atomic mass is 16.7. The van der Waals surface area contributed by atoms with E-state index in [1.165, 1.54) is 24.8 Å². The molecule has 67 heavy (non-hydrogen) atoms. The Balaban J connectivity index is 0.892. The van der Waals surface area contributed by atoms with Crippen LogP contribution in [0.25, 0.3) is 0 Å². The summed E-state index contributed by atoms with van der Waals surface area (Å²) in [4.78, 5) is 47.0. The van der Waals surface area contributed by atoms with E-state index in [2.05, 4.69) is 66.7 Å². The number of carbonyl (C=O) groups is 3. The molecule has 11 heteroatoms. The van der Waals surface area contributed by atoms with E-state index in [4.69, 9.17) is 23.4 Å². The minimum absolute atomic E-state index is 0.0834. The molecule has 360 valence electrons. The van der Waals surface area contributed by atoms with Crippen LogP contribution in [0.15, 0.2) is 59.4 Å². The number of ether oxygens (including phenoxy) is 4. The molecule has 5 aliphatic carbocycles. The molecule has 11 nitrogen and oxygen atoms in total. The number of ketones is 1. The first-order valence-corrected chi connectivity index (χ1v) is 26.7. The molecule has 1 aromatic carbocycles. The standard InChI is InChI=1S/C56H72N2O9/c1-52-23-20-43-54-31-64-45(59)29-44(54)66-53(2,37-13-7-4-8-14-37)47(54)46(60)48(61)55(43,38-15-9-12-35(28-38)26-33-10-5-3-6-11-33)56(52)50(67-56)51(62)65-49(52)40-22-25-63-42(40)19-17-34-16-18-39-36(27-34)21-24-58-32-57-30-41(39)58/h3,5-6,10-11,21-22,24-25,34-39,41,43-44,47-50,57,61H,4,7-9,12-20,23,26-32H2,1-2H3. The number of nitrogens with one attached hydrogen (secondary N) is 1. The van der Waals surface area contributed by atoms with Crippen molar-refractivity contribution in [2.75, 3.05) is 19.8 Å². The number of rotatable bonds is 8. The van der Waals surface area contributed by atoms with Gasteiger partial charge in [-0.1, -0.05) is 81.9 Å². The number of hydrogen-bond donors (Lipinski definition) is 2. The van der Waals surface area contributed by atoms with Crippen LogP contribution in [0.4, 0.5) is 0 Å². The summed E-state index contributed by atoms with van der Waals surface area (Å²) in [6, 6.07) is 13.3. The van der Waals surface area contributed by atoms with Gasteiger partial charge in [-0.2, -0.15) is 0 Å². The van der Waals surface area contributed by atoms with Gasteiger partial charge in [0.2, 0.25) is 0 Å². The largest absolute Gasteiger partial charge is 0.469 e. The molecule has 2 spiro atoms. The van der Waals surface area contributed by atoms with Crippen molar-refractivity contribution in [1.82, 2.24) is 10.2 Å². The summed E-state index contributed by atoms with van der Waals surface area (Å²) in [7, 11) is 0. The molecule has 2 N–H and O–H groups in total. The Morgan fingerprint density at radius 2 is 1.70 bits per heavy atom. The summed E-state index contributed by atoms with van der Waals surface area (Å²) < 4.78 is 33.9. The maximum Gasteiger partial charge on any atom is 0.339 e. The number of aliphatic hydroxyl groups excluding tert-OH is 1. The van der Waals surface area contributed by atoms with E-state index in [0.29, 0.717) is 42.6 Å². The van der Waals surface area contributed by atoms with Crippen molar-refractivity contribution in [3.05, 3.63) is 71.8 Å². The van der Waals surface area contributed by atoms with Gasteiger partial charge >= 0.3 is 11.9 Å². The van der Waals surface area contributed by atoms with Gasteiger partial charge in [-0.25, -0.2) is 4.79 Å². The number of aliphatic hydroxyl groups is 1. The number of fused-ring (bicyclic) bond motifs is 4. The lowest BCUT2D eigenvalue weighted by Crippen LogP contribution is -2.79. The zero-order chi connectivity index (χ0) is 45.5. The highest BCUT2D eigenvalue weighted by Crippen LogP contribution is 2.83. The number of carbonyl (C=O) groups excluding carboxylic acids is 3. The minimum Gasteiger partial charge on any atom is -0.469 e. The first-order valence-electron chi connectivity index (χ1n) is 26.7. The molecule has 17 unspecified atom stereocenters. The van der Waals surface area contributed by atoms with Crippen molar-refractivity contribution in [2.45, 2.75) is 171 Å². The molecule has 0 amide bonds. The van der Waals surface area contributed by atoms with Crippen molar-refractivity contribution >= 4 is 17.7 Å². The zero-order valence-electron chi connectivity index (χ0n) is 39.7. The van der Waals surface area contributed by atoms with Gasteiger partial charge in [0.1, 0.15) is 30.2 Å². The number of furan rings is 1. The van der Waals surface area contributed by atoms with E-state index in [9.17, 15) is 14.7 Å². The lowest BCUT2D eigenvalue weighted by Gasteiger charge is -2.70. The quantitative estimate of drug-likeness (QED) is 0.195. The maximum absolute atomic E-state index is 16.2. The second kappa shape index (κ2) is 15.7. The average Bonchev–Trinajstić information content (AvgIpc) is 3.58. The molecule has 1 aromatic heterocycles. The first-order chi connectivity index (χ1) is 32.5. The number of cyclic esters (lactones) is 2. The molecular weight excluding hydrogens is 845 g/mol. The molecule has 17 atom stereocenters. The molecular formula is C56H72N2O9. The molecule has 2 aromatic rings. The number of Topliss-reactive ketones (excluding diaryl/α,β-unsaturated/α-hetero) is 1. The smallest absolute Gasteiger partial charge is 0.339 e. The number of hydrogen-bond acceptors (Lipinski definition) is 11. The predicted octanol–water partition coefficient (Wildman–Crippen LogP) is 8.42. The Kier molecular flexibility index (Phi) is 10.2. The van der Waals surface area contributed by atoms with Crippen LogP contribution in [0.1, 0.15) is 140 Å². The van der Waals surface area contributed by atoms with Crippen molar-refractivity contribution in [3.8, 4) is 0 Å². The summed E-state index contributed by atoms with van der Waals surface area (Å²) in [6.07, 6.45) is 19.5. The van der Waals surface area contributed by atoms with Crippen LogP contribution < -0.4 is 5.32 Å². The third-order valence-corrected chi connectivity index (χ3v) is 21.5. The number of esters is 2. The van der Waals surface area contributed by atoms with Crippen molar-refractivity contribution in [3.63, 3.8) is 0 Å². The zero-order valence-corrected chi connectivity index (χ0v) is 39.7. The van der Waals surface area contributed by atoms with Crippen molar-refractivity contribution < 1.29 is 42.9 Å². The van der Waals surface area contributed by atoms with Crippen LogP contribution in [-0.4, -0.2) is 83.1 Å². The molecule has 13 rings (SSSR count). The third kappa shape index (κ3) is 5.98. The Morgan fingerprint density at radius 3 is 2.55 bits per heavy atom. The highest BCUT2D eigenvalue weighted by molar-refractivity contribution is 5.92. The van der Waals surface area contributed by atoms with E-state index in [1.54, 1.807) is 6.26 Å². The number of aryl methyl sites for hydroxylation is 1.